The van der Waals surface area contributed by atoms with Crippen LogP contribution in [0, 0.1) is 0 Å². The van der Waals surface area contributed by atoms with E-state index < -0.39 is 16.5 Å². The molecule has 1 rings (SSSR count). The van der Waals surface area contributed by atoms with Crippen molar-refractivity contribution in [2.24, 2.45) is 0 Å². The fraction of sp³-hybridized carbons (Fsp3) is 0.143. The molecule has 0 bridgehead atoms. The molecule has 0 spiro atoms. The molecule has 6 nitrogen and oxygen atoms in total. The molecule has 1 aromatic carbocycles. The van der Waals surface area contributed by atoms with Crippen molar-refractivity contribution in [3.8, 4) is 0 Å². The predicted molar refractivity (Wildman–Crippen MR) is 57.2 cm³/mol. The average molecular weight is 276 g/mol. The molecule has 0 radical (unpaired) electrons. The molecule has 0 fully saturated rings. The van der Waals surface area contributed by atoms with Gasteiger partial charge in [-0.3, -0.25) is 4.31 Å². The summed E-state index contributed by atoms with van der Waals surface area (Å²) in [5.41, 5.74) is 0.965. The second-order valence-electron chi connectivity index (χ2n) is 2.25. The van der Waals surface area contributed by atoms with Gasteiger partial charge < -0.3 is 24.0 Å². The van der Waals surface area contributed by atoms with Crippen LogP contribution >= 0.6 is 16.5 Å². The van der Waals surface area contributed by atoms with Gasteiger partial charge in [0.1, 0.15) is 16.5 Å². The third-order valence-electron chi connectivity index (χ3n) is 1.19. The third-order valence-corrected chi connectivity index (χ3v) is 2.53. The smallest absolute Gasteiger partial charge is 0.781 e. The number of hydrogen-bond donors (Lipinski definition) is 1. The van der Waals surface area contributed by atoms with Crippen LogP contribution in [0.2, 0.25) is 0 Å². The van der Waals surface area contributed by atoms with Crippen LogP contribution in [0.1, 0.15) is 5.56 Å². The molecule has 0 aliphatic rings. The Kier molecular flexibility index (Phi) is 13.7. The third kappa shape index (κ3) is 12.4. The van der Waals surface area contributed by atoms with E-state index in [2.05, 4.69) is 4.31 Å². The number of hydrogen-bond acceptors (Lipinski definition) is 6. The minimum Gasteiger partial charge on any atom is -0.781 e. The summed E-state index contributed by atoms with van der Waals surface area (Å²) in [4.78, 5) is 18.6. The maximum Gasteiger partial charge on any atom is 2.00 e. The van der Waals surface area contributed by atoms with Crippen LogP contribution in [0.15, 0.2) is 30.3 Å². The van der Waals surface area contributed by atoms with E-state index in [1.165, 1.54) is 0 Å². The molecule has 0 aliphatic heterocycles. The van der Waals surface area contributed by atoms with Gasteiger partial charge in [-0.25, -0.2) is 0 Å². The Labute approximate surface area is 110 Å². The van der Waals surface area contributed by atoms with E-state index in [-0.39, 0.29) is 29.7 Å². The fourth-order valence-corrected chi connectivity index (χ4v) is 1.20. The van der Waals surface area contributed by atoms with Gasteiger partial charge in [-0.1, -0.05) is 30.3 Å². The summed E-state index contributed by atoms with van der Waals surface area (Å²) in [7, 11) is -7.03. The molecule has 1 aromatic rings. The molecule has 1 N–H and O–H groups in total. The molecule has 9 heteroatoms. The largest absolute Gasteiger partial charge is 2.00 e. The number of aliphatic hydroxyl groups excluding tert-OH is 1. The van der Waals surface area contributed by atoms with Gasteiger partial charge in [0.25, 0.3) is 0 Å². The minimum atomic E-state index is -3.51. The maximum atomic E-state index is 9.29. The number of rotatable bonds is 3. The van der Waals surface area contributed by atoms with Gasteiger partial charge in [-0.05, 0) is 5.56 Å². The van der Waals surface area contributed by atoms with Crippen molar-refractivity contribution < 1.29 is 28.3 Å². The molecule has 86 valence electrons. The van der Waals surface area contributed by atoms with Gasteiger partial charge in [0, 0.05) is 0 Å². The van der Waals surface area contributed by atoms with Gasteiger partial charge in [-0.15, -0.1) is 0 Å². The molecule has 0 amide bonds. The summed E-state index contributed by atoms with van der Waals surface area (Å²) in [5.74, 6) is 0. The van der Waals surface area contributed by atoms with Crippen molar-refractivity contribution in [1.29, 1.82) is 0 Å². The first-order valence-corrected chi connectivity index (χ1v) is 6.25. The first-order chi connectivity index (χ1) is 7.06. The second-order valence-corrected chi connectivity index (χ2v) is 4.06. The summed E-state index contributed by atoms with van der Waals surface area (Å²) in [6.07, 6.45) is 0. The van der Waals surface area contributed by atoms with Crippen molar-refractivity contribution >= 4 is 39.6 Å². The normalized spacial score (nSPS) is 12.7. The van der Waals surface area contributed by atoms with Crippen LogP contribution in [0.3, 0.4) is 0 Å². The van der Waals surface area contributed by atoms with Crippen molar-refractivity contribution in [2.45, 2.75) is 6.61 Å². The quantitative estimate of drug-likeness (QED) is 0.577. The van der Waals surface area contributed by atoms with Gasteiger partial charge in [0.2, 0.25) is 0 Å². The van der Waals surface area contributed by atoms with Crippen LogP contribution in [-0.2, 0) is 20.0 Å². The van der Waals surface area contributed by atoms with Crippen molar-refractivity contribution in [3.05, 3.63) is 35.9 Å². The summed E-state index contributed by atoms with van der Waals surface area (Å²) in [6, 6.07) is 9.52. The maximum absolute atomic E-state index is 9.29. The van der Waals surface area contributed by atoms with E-state index in [0.717, 1.165) is 5.56 Å². The zero-order valence-electron chi connectivity index (χ0n) is 8.29. The van der Waals surface area contributed by atoms with E-state index in [1.54, 1.807) is 0 Å². The SMILES string of the molecule is O=[PH]([O-])O[PH](=O)[O-].OCc1ccccc1.[Mg+2]. The minimum absolute atomic E-state index is 0. The Bertz CT molecular complexity index is 308. The number of aliphatic hydroxyl groups is 1. The molecular formula is C7H10MgO6P2. The van der Waals surface area contributed by atoms with Gasteiger partial charge in [0.15, 0.2) is 0 Å². The van der Waals surface area contributed by atoms with Crippen molar-refractivity contribution in [1.82, 2.24) is 0 Å². The fourth-order valence-electron chi connectivity index (χ4n) is 0.651. The van der Waals surface area contributed by atoms with Crippen LogP contribution in [-0.4, -0.2) is 28.2 Å². The Hall–Kier alpha value is 0.286. The second kappa shape index (κ2) is 11.8. The molecular weight excluding hydrogens is 266 g/mol. The molecule has 2 unspecified atom stereocenters. The summed E-state index contributed by atoms with van der Waals surface area (Å²) >= 11 is 0. The van der Waals surface area contributed by atoms with Crippen LogP contribution in [0.4, 0.5) is 0 Å². The van der Waals surface area contributed by atoms with E-state index in [4.69, 9.17) is 5.11 Å². The molecule has 2 atom stereocenters. The molecule has 16 heavy (non-hydrogen) atoms. The zero-order chi connectivity index (χ0) is 11.7. The summed E-state index contributed by atoms with van der Waals surface area (Å²) < 4.78 is 21.8. The molecule has 0 aromatic heterocycles. The Morgan fingerprint density at radius 1 is 1.12 bits per heavy atom. The van der Waals surface area contributed by atoms with Crippen molar-refractivity contribution in [3.63, 3.8) is 0 Å². The average Bonchev–Trinajstić information content (AvgIpc) is 2.18. The standard InChI is InChI=1S/C7H8O.Mg.H4O5P2/c8-6-7-4-2-1-3-5-7;;1-6(2)5-7(3)4/h1-5,8H,6H2;;6-7H,(H,1,2)(H,3,4)/q;+2;/p-2. The molecule has 0 heterocycles. The predicted octanol–water partition coefficient (Wildman–Crippen LogP) is -0.699. The Morgan fingerprint density at radius 2 is 1.56 bits per heavy atom. The monoisotopic (exact) mass is 276 g/mol. The van der Waals surface area contributed by atoms with Crippen LogP contribution < -0.4 is 9.79 Å². The van der Waals surface area contributed by atoms with Crippen LogP contribution in [0.5, 0.6) is 0 Å². The molecule has 0 saturated carbocycles. The van der Waals surface area contributed by atoms with Gasteiger partial charge >= 0.3 is 23.1 Å². The topological polar surface area (TPSA) is 110 Å². The Morgan fingerprint density at radius 3 is 1.75 bits per heavy atom. The van der Waals surface area contributed by atoms with E-state index in [9.17, 15) is 18.9 Å². The number of benzene rings is 1. The van der Waals surface area contributed by atoms with Crippen LogP contribution in [0.25, 0.3) is 0 Å². The van der Waals surface area contributed by atoms with Gasteiger partial charge in [0.05, 0.1) is 6.61 Å². The zero-order valence-corrected chi connectivity index (χ0v) is 11.7. The first kappa shape index (κ1) is 18.6. The first-order valence-electron chi connectivity index (χ1n) is 3.81. The van der Waals surface area contributed by atoms with Crippen molar-refractivity contribution in [2.75, 3.05) is 0 Å². The summed E-state index contributed by atoms with van der Waals surface area (Å²) in [6.45, 7) is 0.140. The Balaban J connectivity index is 0. The van der Waals surface area contributed by atoms with Gasteiger partial charge in [-0.2, -0.15) is 0 Å². The molecule has 0 saturated heterocycles. The van der Waals surface area contributed by atoms with E-state index in [0.29, 0.717) is 0 Å². The van der Waals surface area contributed by atoms with E-state index >= 15 is 0 Å². The summed E-state index contributed by atoms with van der Waals surface area (Å²) in [5, 5.41) is 8.54. The van der Waals surface area contributed by atoms with E-state index in [1.807, 2.05) is 30.3 Å². The molecule has 0 aliphatic carbocycles.